The molecule has 0 bridgehead atoms. The molecule has 1 N–H and O–H groups in total. The van der Waals surface area contributed by atoms with E-state index in [4.69, 9.17) is 0 Å². The zero-order chi connectivity index (χ0) is 20.3. The molecule has 30 heavy (non-hydrogen) atoms. The summed E-state index contributed by atoms with van der Waals surface area (Å²) >= 11 is 0. The lowest BCUT2D eigenvalue weighted by Gasteiger charge is -2.31. The van der Waals surface area contributed by atoms with Crippen molar-refractivity contribution in [3.8, 4) is 11.1 Å². The molecular formula is C26H26FN3. The van der Waals surface area contributed by atoms with E-state index >= 15 is 0 Å². The lowest BCUT2D eigenvalue weighted by molar-refractivity contribution is 0.578. The van der Waals surface area contributed by atoms with E-state index in [0.29, 0.717) is 5.56 Å². The maximum Gasteiger partial charge on any atom is 0.131 e. The van der Waals surface area contributed by atoms with Crippen molar-refractivity contribution in [3.05, 3.63) is 96.5 Å². The number of rotatable bonds is 4. The summed E-state index contributed by atoms with van der Waals surface area (Å²) in [5.41, 5.74) is 8.30. The molecule has 0 spiro atoms. The zero-order valence-corrected chi connectivity index (χ0v) is 17.0. The molecule has 2 aliphatic heterocycles. The Balaban J connectivity index is 1.45. The van der Waals surface area contributed by atoms with Gasteiger partial charge in [0.2, 0.25) is 0 Å². The summed E-state index contributed by atoms with van der Waals surface area (Å²) in [5.74, 6) is -0.209. The standard InChI is InChI=1S/C26H26FN3/c27-24-10-4-2-8-22(24)23-9-3-5-11-26(23)30-25(16-17-28-30)20-12-14-21(15-13-20)29-18-6-1-7-19-29/h2-5,8-17,25,28H,1,6-7,18-19H2. The van der Waals surface area contributed by atoms with Gasteiger partial charge < -0.3 is 10.3 Å². The first kappa shape index (κ1) is 18.7. The number of anilines is 2. The third kappa shape index (κ3) is 3.54. The number of halogens is 1. The van der Waals surface area contributed by atoms with E-state index in [1.165, 1.54) is 36.6 Å². The van der Waals surface area contributed by atoms with Crippen LogP contribution in [0.2, 0.25) is 0 Å². The first-order valence-electron chi connectivity index (χ1n) is 10.7. The molecule has 1 atom stereocenters. The highest BCUT2D eigenvalue weighted by molar-refractivity contribution is 5.79. The number of hydrazine groups is 1. The number of nitrogens with one attached hydrogen (secondary N) is 1. The van der Waals surface area contributed by atoms with Crippen LogP contribution in [0.4, 0.5) is 15.8 Å². The SMILES string of the molecule is Fc1ccccc1-c1ccccc1N1NC=CC1c1ccc(N2CCCCC2)cc1. The van der Waals surface area contributed by atoms with E-state index in [-0.39, 0.29) is 11.9 Å². The van der Waals surface area contributed by atoms with E-state index in [1.807, 2.05) is 42.6 Å². The summed E-state index contributed by atoms with van der Waals surface area (Å²) in [6.45, 7) is 2.29. The second kappa shape index (κ2) is 8.23. The van der Waals surface area contributed by atoms with E-state index in [2.05, 4.69) is 45.7 Å². The fourth-order valence-corrected chi connectivity index (χ4v) is 4.49. The molecule has 4 heteroatoms. The van der Waals surface area contributed by atoms with Crippen LogP contribution in [0, 0.1) is 5.82 Å². The van der Waals surface area contributed by atoms with Crippen LogP contribution in [0.15, 0.2) is 85.1 Å². The molecule has 0 radical (unpaired) electrons. The lowest BCUT2D eigenvalue weighted by Crippen LogP contribution is -2.33. The summed E-state index contributed by atoms with van der Waals surface area (Å²) in [5, 5.41) is 2.11. The van der Waals surface area contributed by atoms with Crippen molar-refractivity contribution in [2.24, 2.45) is 0 Å². The number of benzene rings is 3. The number of para-hydroxylation sites is 1. The van der Waals surface area contributed by atoms with Gasteiger partial charge in [0.05, 0.1) is 11.7 Å². The van der Waals surface area contributed by atoms with Gasteiger partial charge in [0.1, 0.15) is 5.82 Å². The zero-order valence-electron chi connectivity index (χ0n) is 17.0. The Morgan fingerprint density at radius 2 is 1.47 bits per heavy atom. The molecule has 1 saturated heterocycles. The third-order valence-corrected chi connectivity index (χ3v) is 6.05. The van der Waals surface area contributed by atoms with Gasteiger partial charge in [-0.1, -0.05) is 48.5 Å². The lowest BCUT2D eigenvalue weighted by atomic mass is 10.0. The van der Waals surface area contributed by atoms with Crippen LogP contribution in [-0.4, -0.2) is 13.1 Å². The largest absolute Gasteiger partial charge is 0.372 e. The molecular weight excluding hydrogens is 373 g/mol. The number of hydrogen-bond donors (Lipinski definition) is 1. The van der Waals surface area contributed by atoms with Crippen molar-refractivity contribution >= 4 is 11.4 Å². The van der Waals surface area contributed by atoms with Crippen LogP contribution in [0.5, 0.6) is 0 Å². The molecule has 1 fully saturated rings. The summed E-state index contributed by atoms with van der Waals surface area (Å²) < 4.78 is 14.5. The third-order valence-electron chi connectivity index (χ3n) is 6.05. The highest BCUT2D eigenvalue weighted by atomic mass is 19.1. The van der Waals surface area contributed by atoms with Crippen molar-refractivity contribution in [1.82, 2.24) is 5.43 Å². The highest BCUT2D eigenvalue weighted by Gasteiger charge is 2.25. The molecule has 5 rings (SSSR count). The first-order chi connectivity index (χ1) is 14.8. The van der Waals surface area contributed by atoms with E-state index in [1.54, 1.807) is 6.07 Å². The Morgan fingerprint density at radius 1 is 0.767 bits per heavy atom. The molecule has 0 saturated carbocycles. The van der Waals surface area contributed by atoms with Crippen molar-refractivity contribution < 1.29 is 4.39 Å². The Morgan fingerprint density at radius 3 is 2.23 bits per heavy atom. The topological polar surface area (TPSA) is 18.5 Å². The fourth-order valence-electron chi connectivity index (χ4n) is 4.49. The summed E-state index contributed by atoms with van der Waals surface area (Å²) in [6.07, 6.45) is 7.99. The average Bonchev–Trinajstić information content (AvgIpc) is 3.30. The second-order valence-electron chi connectivity index (χ2n) is 7.94. The van der Waals surface area contributed by atoms with Gasteiger partial charge in [0.15, 0.2) is 0 Å². The summed E-state index contributed by atoms with van der Waals surface area (Å²) in [4.78, 5) is 2.47. The average molecular weight is 400 g/mol. The molecule has 2 heterocycles. The van der Waals surface area contributed by atoms with E-state index in [9.17, 15) is 4.39 Å². The van der Waals surface area contributed by atoms with Crippen LogP contribution in [0.3, 0.4) is 0 Å². The van der Waals surface area contributed by atoms with Gasteiger partial charge in [-0.15, -0.1) is 0 Å². The van der Waals surface area contributed by atoms with Crippen molar-refractivity contribution in [3.63, 3.8) is 0 Å². The Hall–Kier alpha value is -3.27. The minimum atomic E-state index is -0.209. The maximum absolute atomic E-state index is 14.5. The summed E-state index contributed by atoms with van der Waals surface area (Å²) in [7, 11) is 0. The molecule has 3 aromatic rings. The predicted molar refractivity (Wildman–Crippen MR) is 122 cm³/mol. The quantitative estimate of drug-likeness (QED) is 0.575. The maximum atomic E-state index is 14.5. The van der Waals surface area contributed by atoms with Gasteiger partial charge in [-0.25, -0.2) is 4.39 Å². The van der Waals surface area contributed by atoms with Crippen LogP contribution in [0.1, 0.15) is 30.9 Å². The predicted octanol–water partition coefficient (Wildman–Crippen LogP) is 6.06. The van der Waals surface area contributed by atoms with E-state index < -0.39 is 0 Å². The summed E-state index contributed by atoms with van der Waals surface area (Å²) in [6, 6.07) is 23.9. The number of nitrogens with zero attached hydrogens (tertiary/aromatic N) is 2. The second-order valence-corrected chi connectivity index (χ2v) is 7.94. The van der Waals surface area contributed by atoms with Crippen LogP contribution in [0.25, 0.3) is 11.1 Å². The van der Waals surface area contributed by atoms with Gasteiger partial charge in [-0.3, -0.25) is 5.01 Å². The van der Waals surface area contributed by atoms with E-state index in [0.717, 1.165) is 24.3 Å². The molecule has 3 nitrogen and oxygen atoms in total. The van der Waals surface area contributed by atoms with Crippen molar-refractivity contribution in [2.75, 3.05) is 23.0 Å². The first-order valence-corrected chi connectivity index (χ1v) is 10.7. The molecule has 0 aromatic heterocycles. The molecule has 0 aliphatic carbocycles. The monoisotopic (exact) mass is 399 g/mol. The number of piperidine rings is 1. The van der Waals surface area contributed by atoms with Gasteiger partial charge in [0, 0.05) is 36.1 Å². The fraction of sp³-hybridized carbons (Fsp3) is 0.231. The minimum absolute atomic E-state index is 0.0494. The molecule has 152 valence electrons. The van der Waals surface area contributed by atoms with Gasteiger partial charge >= 0.3 is 0 Å². The number of hydrogen-bond acceptors (Lipinski definition) is 3. The van der Waals surface area contributed by atoms with Crippen LogP contribution in [-0.2, 0) is 0 Å². The van der Waals surface area contributed by atoms with Gasteiger partial charge in [0.25, 0.3) is 0 Å². The highest BCUT2D eigenvalue weighted by Crippen LogP contribution is 2.38. The van der Waals surface area contributed by atoms with Crippen LogP contribution >= 0.6 is 0 Å². The minimum Gasteiger partial charge on any atom is -0.372 e. The molecule has 0 amide bonds. The Bertz CT molecular complexity index is 1040. The van der Waals surface area contributed by atoms with Crippen LogP contribution < -0.4 is 15.3 Å². The molecule has 3 aromatic carbocycles. The Kier molecular flexibility index (Phi) is 5.14. The smallest absolute Gasteiger partial charge is 0.131 e. The van der Waals surface area contributed by atoms with Gasteiger partial charge in [-0.05, 0) is 55.2 Å². The van der Waals surface area contributed by atoms with Crippen molar-refractivity contribution in [1.29, 1.82) is 0 Å². The normalized spacial score (nSPS) is 18.5. The Labute approximate surface area is 177 Å². The van der Waals surface area contributed by atoms with Crippen molar-refractivity contribution in [2.45, 2.75) is 25.3 Å². The van der Waals surface area contributed by atoms with Gasteiger partial charge in [-0.2, -0.15) is 0 Å². The molecule has 1 unspecified atom stereocenters. The molecule has 2 aliphatic rings.